The lowest BCUT2D eigenvalue weighted by Crippen LogP contribution is -2.01. The van der Waals surface area contributed by atoms with Crippen LogP contribution in [0.3, 0.4) is 0 Å². The first kappa shape index (κ1) is 13.5. The molecule has 1 aromatic rings. The molecule has 0 unspecified atom stereocenters. The van der Waals surface area contributed by atoms with Crippen molar-refractivity contribution in [2.24, 2.45) is 0 Å². The van der Waals surface area contributed by atoms with Gasteiger partial charge in [-0.1, -0.05) is 49.8 Å². The molecule has 0 heterocycles. The van der Waals surface area contributed by atoms with Crippen molar-refractivity contribution < 1.29 is 9.53 Å². The Balaban J connectivity index is 1.95. The van der Waals surface area contributed by atoms with Crippen molar-refractivity contribution in [2.75, 3.05) is 6.61 Å². The topological polar surface area (TPSA) is 26.3 Å². The minimum absolute atomic E-state index is 0.325. The van der Waals surface area contributed by atoms with E-state index in [1.54, 1.807) is 0 Å². The van der Waals surface area contributed by atoms with Gasteiger partial charge in [-0.3, -0.25) is 0 Å². The third-order valence-corrected chi connectivity index (χ3v) is 2.61. The molecule has 0 aliphatic heterocycles. The number of carbonyl (C=O) groups is 1. The lowest BCUT2D eigenvalue weighted by molar-refractivity contribution is -0.137. The van der Waals surface area contributed by atoms with Crippen molar-refractivity contribution >= 4 is 5.97 Å². The summed E-state index contributed by atoms with van der Waals surface area (Å²) in [5.74, 6) is -0.325. The number of carbonyl (C=O) groups excluding carboxylic acids is 1. The van der Waals surface area contributed by atoms with Crippen molar-refractivity contribution in [2.45, 2.75) is 32.1 Å². The average Bonchev–Trinajstić information content (AvgIpc) is 2.38. The fourth-order valence-corrected chi connectivity index (χ4v) is 1.66. The molecule has 0 atom stereocenters. The first-order chi connectivity index (χ1) is 8.33. The number of benzene rings is 1. The number of aryl methyl sites for hydroxylation is 1. The molecule has 0 amide bonds. The molecule has 0 fully saturated rings. The van der Waals surface area contributed by atoms with Crippen molar-refractivity contribution in [3.63, 3.8) is 0 Å². The summed E-state index contributed by atoms with van der Waals surface area (Å²) in [7, 11) is 0. The maximum absolute atomic E-state index is 10.7. The Labute approximate surface area is 103 Å². The van der Waals surface area contributed by atoms with Gasteiger partial charge < -0.3 is 4.74 Å². The van der Waals surface area contributed by atoms with E-state index in [1.165, 1.54) is 24.5 Å². The van der Waals surface area contributed by atoms with E-state index in [0.29, 0.717) is 6.61 Å². The van der Waals surface area contributed by atoms with Gasteiger partial charge in [0.2, 0.25) is 0 Å². The van der Waals surface area contributed by atoms with E-state index in [2.05, 4.69) is 30.8 Å². The second-order valence-electron chi connectivity index (χ2n) is 4.02. The monoisotopic (exact) mass is 232 g/mol. The van der Waals surface area contributed by atoms with E-state index >= 15 is 0 Å². The molecule has 0 radical (unpaired) electrons. The van der Waals surface area contributed by atoms with Crippen molar-refractivity contribution in [3.8, 4) is 0 Å². The normalized spacial score (nSPS) is 9.88. The van der Waals surface area contributed by atoms with Gasteiger partial charge in [0, 0.05) is 6.08 Å². The Morgan fingerprint density at radius 3 is 2.53 bits per heavy atom. The lowest BCUT2D eigenvalue weighted by atomic mass is 10.1. The number of rotatable bonds is 8. The first-order valence-electron chi connectivity index (χ1n) is 6.16. The van der Waals surface area contributed by atoms with E-state index in [0.717, 1.165) is 19.3 Å². The summed E-state index contributed by atoms with van der Waals surface area (Å²) in [6.45, 7) is 3.86. The molecule has 1 rings (SSSR count). The van der Waals surface area contributed by atoms with Crippen LogP contribution in [-0.2, 0) is 16.0 Å². The highest BCUT2D eigenvalue weighted by molar-refractivity contribution is 5.81. The number of hydrogen-bond donors (Lipinski definition) is 0. The van der Waals surface area contributed by atoms with Crippen LogP contribution in [0, 0.1) is 0 Å². The van der Waals surface area contributed by atoms with Crippen LogP contribution in [0.4, 0.5) is 0 Å². The summed E-state index contributed by atoms with van der Waals surface area (Å²) >= 11 is 0. The van der Waals surface area contributed by atoms with Gasteiger partial charge in [0.15, 0.2) is 0 Å². The molecule has 0 aliphatic carbocycles. The summed E-state index contributed by atoms with van der Waals surface area (Å²) in [5.41, 5.74) is 1.39. The average molecular weight is 232 g/mol. The highest BCUT2D eigenvalue weighted by Gasteiger charge is 1.96. The third kappa shape index (κ3) is 6.56. The Kier molecular flexibility index (Phi) is 6.80. The lowest BCUT2D eigenvalue weighted by Gasteiger charge is -2.03. The van der Waals surface area contributed by atoms with Crippen LogP contribution in [0.25, 0.3) is 0 Å². The summed E-state index contributed by atoms with van der Waals surface area (Å²) in [5, 5.41) is 0. The minimum atomic E-state index is -0.325. The van der Waals surface area contributed by atoms with Crippen LogP contribution in [0.5, 0.6) is 0 Å². The smallest absolute Gasteiger partial charge is 0.330 e. The Bertz CT molecular complexity index is 330. The first-order valence-corrected chi connectivity index (χ1v) is 6.16. The predicted molar refractivity (Wildman–Crippen MR) is 69.8 cm³/mol. The fourth-order valence-electron chi connectivity index (χ4n) is 1.66. The third-order valence-electron chi connectivity index (χ3n) is 2.61. The zero-order valence-corrected chi connectivity index (χ0v) is 10.2. The molecule has 0 saturated heterocycles. The largest absolute Gasteiger partial charge is 0.463 e. The molecule has 17 heavy (non-hydrogen) atoms. The van der Waals surface area contributed by atoms with Crippen molar-refractivity contribution in [3.05, 3.63) is 48.6 Å². The van der Waals surface area contributed by atoms with Crippen LogP contribution in [0.1, 0.15) is 31.2 Å². The molecule has 0 saturated carbocycles. The molecule has 0 aliphatic rings. The molecule has 0 aromatic heterocycles. The maximum Gasteiger partial charge on any atom is 0.330 e. The van der Waals surface area contributed by atoms with Gasteiger partial charge >= 0.3 is 5.97 Å². The molecular formula is C15H20O2. The molecule has 2 nitrogen and oxygen atoms in total. The SMILES string of the molecule is C=CC(=O)OCCCCCCc1ccccc1. The van der Waals surface area contributed by atoms with Gasteiger partial charge in [-0.2, -0.15) is 0 Å². The Morgan fingerprint density at radius 2 is 1.82 bits per heavy atom. The molecule has 0 spiro atoms. The van der Waals surface area contributed by atoms with E-state index in [1.807, 2.05) is 6.07 Å². The minimum Gasteiger partial charge on any atom is -0.463 e. The van der Waals surface area contributed by atoms with Crippen LogP contribution in [0.2, 0.25) is 0 Å². The quantitative estimate of drug-likeness (QED) is 0.389. The van der Waals surface area contributed by atoms with Crippen LogP contribution >= 0.6 is 0 Å². The van der Waals surface area contributed by atoms with Crippen LogP contribution in [0.15, 0.2) is 43.0 Å². The predicted octanol–water partition coefficient (Wildman–Crippen LogP) is 3.52. The summed E-state index contributed by atoms with van der Waals surface area (Å²) < 4.78 is 4.90. The molecule has 92 valence electrons. The fraction of sp³-hybridized carbons (Fsp3) is 0.400. The van der Waals surface area contributed by atoms with Gasteiger partial charge in [0.05, 0.1) is 6.61 Å². The van der Waals surface area contributed by atoms with Gasteiger partial charge in [0.1, 0.15) is 0 Å². The van der Waals surface area contributed by atoms with Crippen LogP contribution in [-0.4, -0.2) is 12.6 Å². The Hall–Kier alpha value is -1.57. The van der Waals surface area contributed by atoms with E-state index in [9.17, 15) is 4.79 Å². The molecule has 1 aromatic carbocycles. The summed E-state index contributed by atoms with van der Waals surface area (Å²) in [6.07, 6.45) is 6.76. The van der Waals surface area contributed by atoms with E-state index < -0.39 is 0 Å². The molecule has 2 heteroatoms. The van der Waals surface area contributed by atoms with E-state index in [4.69, 9.17) is 4.74 Å². The molecular weight excluding hydrogens is 212 g/mol. The van der Waals surface area contributed by atoms with Crippen molar-refractivity contribution in [1.82, 2.24) is 0 Å². The highest BCUT2D eigenvalue weighted by atomic mass is 16.5. The van der Waals surface area contributed by atoms with Crippen LogP contribution < -0.4 is 0 Å². The van der Waals surface area contributed by atoms with Gasteiger partial charge in [-0.25, -0.2) is 4.79 Å². The zero-order valence-electron chi connectivity index (χ0n) is 10.2. The van der Waals surface area contributed by atoms with Gasteiger partial charge in [0.25, 0.3) is 0 Å². The number of esters is 1. The number of unbranched alkanes of at least 4 members (excludes halogenated alkanes) is 3. The second-order valence-corrected chi connectivity index (χ2v) is 4.02. The van der Waals surface area contributed by atoms with Gasteiger partial charge in [-0.05, 0) is 24.8 Å². The highest BCUT2D eigenvalue weighted by Crippen LogP contribution is 2.07. The standard InChI is InChI=1S/C15H20O2/c1-2-15(16)17-13-9-4-3-6-10-14-11-7-5-8-12-14/h2,5,7-8,11-12H,1,3-4,6,9-10,13H2. The number of hydrogen-bond acceptors (Lipinski definition) is 2. The van der Waals surface area contributed by atoms with E-state index in [-0.39, 0.29) is 5.97 Å². The number of ether oxygens (including phenoxy) is 1. The second kappa shape index (κ2) is 8.57. The van der Waals surface area contributed by atoms with Crippen molar-refractivity contribution in [1.29, 1.82) is 0 Å². The van der Waals surface area contributed by atoms with Gasteiger partial charge in [-0.15, -0.1) is 0 Å². The molecule has 0 N–H and O–H groups in total. The molecule has 0 bridgehead atoms. The maximum atomic E-state index is 10.7. The Morgan fingerprint density at radius 1 is 1.12 bits per heavy atom. The summed E-state index contributed by atoms with van der Waals surface area (Å²) in [6, 6.07) is 10.5. The summed E-state index contributed by atoms with van der Waals surface area (Å²) in [4.78, 5) is 10.7. The zero-order chi connectivity index (χ0) is 12.3.